The first kappa shape index (κ1) is 21.9. The molecule has 0 amide bonds. The molecule has 0 saturated carbocycles. The Morgan fingerprint density at radius 3 is 1.55 bits per heavy atom. The molecule has 0 aromatic heterocycles. The molecular weight excluding hydrogens is 377 g/mol. The second-order valence-electron chi connectivity index (χ2n) is 9.03. The van der Waals surface area contributed by atoms with Crippen LogP contribution in [-0.2, 0) is 10.3 Å². The van der Waals surface area contributed by atoms with Crippen LogP contribution in [0, 0.1) is 11.8 Å². The van der Waals surface area contributed by atoms with Crippen molar-refractivity contribution in [1.29, 1.82) is 0 Å². The second-order valence-corrected chi connectivity index (χ2v) is 9.03. The van der Waals surface area contributed by atoms with Crippen molar-refractivity contribution >= 4 is 7.85 Å². The zero-order valence-corrected chi connectivity index (χ0v) is 18.8. The summed E-state index contributed by atoms with van der Waals surface area (Å²) >= 11 is 0. The van der Waals surface area contributed by atoms with Crippen LogP contribution in [0.25, 0.3) is 0 Å². The van der Waals surface area contributed by atoms with Crippen LogP contribution in [0.4, 0.5) is 0 Å². The Morgan fingerprint density at radius 2 is 1.16 bits per heavy atom. The Hall–Kier alpha value is -2.36. The van der Waals surface area contributed by atoms with Gasteiger partial charge < -0.3 is 4.74 Å². The summed E-state index contributed by atoms with van der Waals surface area (Å²) < 4.78 is 6.28. The molecule has 3 aromatic rings. The molecule has 1 aliphatic heterocycles. The van der Waals surface area contributed by atoms with Crippen LogP contribution < -0.4 is 0 Å². The van der Waals surface area contributed by atoms with Crippen LogP contribution in [0.3, 0.4) is 0 Å². The van der Waals surface area contributed by atoms with Crippen molar-refractivity contribution in [3.8, 4) is 0 Å². The van der Waals surface area contributed by atoms with Gasteiger partial charge >= 0.3 is 0 Å². The van der Waals surface area contributed by atoms with Gasteiger partial charge in [-0.15, -0.1) is 0 Å². The summed E-state index contributed by atoms with van der Waals surface area (Å²) in [6, 6.07) is 32.1. The van der Waals surface area contributed by atoms with Crippen molar-refractivity contribution < 1.29 is 4.74 Å². The van der Waals surface area contributed by atoms with Crippen molar-refractivity contribution in [2.75, 3.05) is 13.1 Å². The Kier molecular flexibility index (Phi) is 6.64. The van der Waals surface area contributed by atoms with Crippen molar-refractivity contribution in [3.05, 3.63) is 108 Å². The van der Waals surface area contributed by atoms with Gasteiger partial charge in [-0.05, 0) is 28.5 Å². The van der Waals surface area contributed by atoms with Gasteiger partial charge in [-0.2, -0.15) is 0 Å². The van der Waals surface area contributed by atoms with Crippen molar-refractivity contribution in [3.63, 3.8) is 0 Å². The molecule has 2 nitrogen and oxygen atoms in total. The minimum absolute atomic E-state index is 0.0826. The summed E-state index contributed by atoms with van der Waals surface area (Å²) in [5.41, 5.74) is 3.30. The molecule has 0 aliphatic carbocycles. The molecule has 0 spiro atoms. The van der Waals surface area contributed by atoms with Gasteiger partial charge in [0.2, 0.25) is 0 Å². The van der Waals surface area contributed by atoms with Crippen LogP contribution in [0.2, 0.25) is 0 Å². The molecule has 3 atom stereocenters. The monoisotopic (exact) mass is 409 g/mol. The first-order valence-corrected chi connectivity index (χ1v) is 11.4. The summed E-state index contributed by atoms with van der Waals surface area (Å²) in [6.07, 6.45) is 0.0826. The highest BCUT2D eigenvalue weighted by Gasteiger charge is 2.46. The third-order valence-corrected chi connectivity index (χ3v) is 6.84. The molecule has 1 heterocycles. The van der Waals surface area contributed by atoms with E-state index < -0.39 is 5.54 Å². The standard InChI is InChI=1S/C28H32BNO/c1-21(2)22(3)26-19-30(20-27(29)31-26)28(23-13-7-4-8-14-23,24-15-9-5-10-16-24)25-17-11-6-12-18-25/h4-18,21-22,26-27H,19-20H2,1-3H3. The minimum Gasteiger partial charge on any atom is -0.382 e. The number of rotatable bonds is 6. The second kappa shape index (κ2) is 9.42. The summed E-state index contributed by atoms with van der Waals surface area (Å²) in [5, 5.41) is 0. The van der Waals surface area contributed by atoms with Crippen LogP contribution in [0.15, 0.2) is 91.0 Å². The lowest BCUT2D eigenvalue weighted by Gasteiger charge is -2.51. The van der Waals surface area contributed by atoms with Crippen molar-refractivity contribution in [2.24, 2.45) is 11.8 Å². The van der Waals surface area contributed by atoms with E-state index >= 15 is 0 Å². The van der Waals surface area contributed by atoms with Crippen LogP contribution in [0.5, 0.6) is 0 Å². The summed E-state index contributed by atoms with van der Waals surface area (Å²) in [5.74, 6) is 0.936. The SMILES string of the molecule is [B]C1CN(C(c2ccccc2)(c2ccccc2)c2ccccc2)CC(C(C)C(C)C)O1. The van der Waals surface area contributed by atoms with Gasteiger partial charge in [-0.3, -0.25) is 4.90 Å². The molecule has 3 aromatic carbocycles. The molecule has 3 unspecified atom stereocenters. The van der Waals surface area contributed by atoms with E-state index in [2.05, 4.69) is 117 Å². The fraction of sp³-hybridized carbons (Fsp3) is 0.357. The first-order chi connectivity index (χ1) is 15.0. The fourth-order valence-electron chi connectivity index (χ4n) is 4.90. The maximum Gasteiger partial charge on any atom is 0.110 e. The van der Waals surface area contributed by atoms with Crippen LogP contribution in [0.1, 0.15) is 37.5 Å². The zero-order chi connectivity index (χ0) is 21.8. The molecule has 3 heteroatoms. The van der Waals surface area contributed by atoms with Gasteiger partial charge in [-0.1, -0.05) is 112 Å². The summed E-state index contributed by atoms with van der Waals surface area (Å²) in [4.78, 5) is 2.55. The van der Waals surface area contributed by atoms with Crippen LogP contribution in [-0.4, -0.2) is 37.9 Å². The van der Waals surface area contributed by atoms with E-state index in [0.717, 1.165) is 6.54 Å². The van der Waals surface area contributed by atoms with Crippen LogP contribution >= 0.6 is 0 Å². The highest BCUT2D eigenvalue weighted by molar-refractivity contribution is 6.11. The molecule has 1 aliphatic rings. The summed E-state index contributed by atoms with van der Waals surface area (Å²) in [6.45, 7) is 8.29. The Bertz CT molecular complexity index is 848. The van der Waals surface area contributed by atoms with Gasteiger partial charge in [0.15, 0.2) is 0 Å². The van der Waals surface area contributed by atoms with E-state index in [1.165, 1.54) is 16.7 Å². The Morgan fingerprint density at radius 1 is 0.742 bits per heavy atom. The lowest BCUT2D eigenvalue weighted by atomic mass is 9.74. The lowest BCUT2D eigenvalue weighted by Crippen LogP contribution is -2.59. The lowest BCUT2D eigenvalue weighted by molar-refractivity contribution is -0.100. The molecule has 158 valence electrons. The molecule has 0 bridgehead atoms. The molecule has 1 fully saturated rings. The fourth-order valence-corrected chi connectivity index (χ4v) is 4.90. The van der Waals surface area contributed by atoms with Gasteiger partial charge in [0.1, 0.15) is 7.85 Å². The number of benzene rings is 3. The first-order valence-electron chi connectivity index (χ1n) is 11.4. The van der Waals surface area contributed by atoms with E-state index in [9.17, 15) is 0 Å². The van der Waals surface area contributed by atoms with E-state index in [4.69, 9.17) is 12.6 Å². The maximum absolute atomic E-state index is 6.52. The molecule has 4 rings (SSSR count). The number of ether oxygens (including phenoxy) is 1. The van der Waals surface area contributed by atoms with E-state index in [1.54, 1.807) is 0 Å². The van der Waals surface area contributed by atoms with E-state index in [1.807, 2.05) is 0 Å². The van der Waals surface area contributed by atoms with Gasteiger partial charge in [0.05, 0.1) is 11.6 Å². The summed E-state index contributed by atoms with van der Waals surface area (Å²) in [7, 11) is 6.52. The number of hydrogen-bond donors (Lipinski definition) is 0. The van der Waals surface area contributed by atoms with Gasteiger partial charge in [-0.25, -0.2) is 0 Å². The number of nitrogens with zero attached hydrogens (tertiary/aromatic N) is 1. The zero-order valence-electron chi connectivity index (χ0n) is 18.8. The molecule has 1 saturated heterocycles. The number of hydrogen-bond acceptors (Lipinski definition) is 2. The van der Waals surface area contributed by atoms with Crippen molar-refractivity contribution in [2.45, 2.75) is 38.4 Å². The molecular formula is C28H32BNO. The average molecular weight is 409 g/mol. The normalized spacial score (nSPS) is 21.2. The molecule has 0 N–H and O–H groups in total. The Labute approximate surface area is 188 Å². The minimum atomic E-state index is -0.444. The number of morpholine rings is 1. The third kappa shape index (κ3) is 4.22. The van der Waals surface area contributed by atoms with E-state index in [-0.39, 0.29) is 12.1 Å². The van der Waals surface area contributed by atoms with Gasteiger partial charge in [0.25, 0.3) is 0 Å². The Balaban J connectivity index is 1.94. The van der Waals surface area contributed by atoms with Gasteiger partial charge in [0, 0.05) is 19.1 Å². The quantitative estimate of drug-likeness (QED) is 0.396. The third-order valence-electron chi connectivity index (χ3n) is 6.84. The smallest absolute Gasteiger partial charge is 0.110 e. The largest absolute Gasteiger partial charge is 0.382 e. The van der Waals surface area contributed by atoms with E-state index in [0.29, 0.717) is 18.4 Å². The highest BCUT2D eigenvalue weighted by Crippen LogP contribution is 2.44. The predicted molar refractivity (Wildman–Crippen MR) is 129 cm³/mol. The highest BCUT2D eigenvalue weighted by atomic mass is 16.5. The maximum atomic E-state index is 6.52. The predicted octanol–water partition coefficient (Wildman–Crippen LogP) is 5.47. The topological polar surface area (TPSA) is 12.5 Å². The van der Waals surface area contributed by atoms with Crippen molar-refractivity contribution in [1.82, 2.24) is 4.90 Å². The molecule has 2 radical (unpaired) electrons. The molecule has 31 heavy (non-hydrogen) atoms. The average Bonchev–Trinajstić information content (AvgIpc) is 2.81.